The van der Waals surface area contributed by atoms with E-state index in [0.717, 1.165) is 17.7 Å². The number of rotatable bonds is 3. The zero-order chi connectivity index (χ0) is 15.9. The van der Waals surface area contributed by atoms with Crippen molar-refractivity contribution in [3.63, 3.8) is 0 Å². The highest BCUT2D eigenvalue weighted by Crippen LogP contribution is 2.32. The average molecular weight is 301 g/mol. The summed E-state index contributed by atoms with van der Waals surface area (Å²) in [6, 6.07) is 8.86. The Kier molecular flexibility index (Phi) is 3.29. The van der Waals surface area contributed by atoms with Crippen molar-refractivity contribution in [3.05, 3.63) is 65.0 Å². The second kappa shape index (κ2) is 5.14. The van der Waals surface area contributed by atoms with Crippen LogP contribution in [0.1, 0.15) is 27.5 Å². The molecule has 1 atom stereocenters. The molecule has 22 heavy (non-hydrogen) atoms. The van der Waals surface area contributed by atoms with Gasteiger partial charge in [0, 0.05) is 12.1 Å². The number of carboxylic acid groups (broad SMARTS) is 1. The molecule has 5 nitrogen and oxygen atoms in total. The molecule has 2 aromatic carbocycles. The number of phenols is 1. The fourth-order valence-corrected chi connectivity index (χ4v) is 2.63. The molecule has 0 saturated carbocycles. The molecule has 0 spiro atoms. The summed E-state index contributed by atoms with van der Waals surface area (Å²) in [5.74, 6) is -3.15. The SMILES string of the molecule is O=C(O)C(c1ccc(O)c(F)c1)N1Cc2ccccc2C1=O. The monoisotopic (exact) mass is 301 g/mol. The Bertz CT molecular complexity index is 774. The van der Waals surface area contributed by atoms with Gasteiger partial charge in [0.25, 0.3) is 5.91 Å². The van der Waals surface area contributed by atoms with Gasteiger partial charge in [-0.1, -0.05) is 24.3 Å². The van der Waals surface area contributed by atoms with E-state index in [1.807, 2.05) is 0 Å². The van der Waals surface area contributed by atoms with Crippen molar-refractivity contribution in [1.29, 1.82) is 0 Å². The van der Waals surface area contributed by atoms with E-state index in [9.17, 15) is 24.2 Å². The van der Waals surface area contributed by atoms with E-state index in [1.165, 1.54) is 11.0 Å². The number of nitrogens with zero attached hydrogens (tertiary/aromatic N) is 1. The number of carboxylic acids is 1. The number of hydrogen-bond donors (Lipinski definition) is 2. The van der Waals surface area contributed by atoms with Gasteiger partial charge in [0.2, 0.25) is 0 Å². The van der Waals surface area contributed by atoms with Crippen LogP contribution in [0, 0.1) is 5.82 Å². The van der Waals surface area contributed by atoms with Crippen LogP contribution >= 0.6 is 0 Å². The van der Waals surface area contributed by atoms with Crippen molar-refractivity contribution in [2.75, 3.05) is 0 Å². The molecule has 6 heteroatoms. The van der Waals surface area contributed by atoms with Gasteiger partial charge in [0.1, 0.15) is 0 Å². The quantitative estimate of drug-likeness (QED) is 0.912. The Morgan fingerprint density at radius 1 is 1.23 bits per heavy atom. The third-order valence-electron chi connectivity index (χ3n) is 3.68. The molecule has 0 saturated heterocycles. The Morgan fingerprint density at radius 2 is 1.95 bits per heavy atom. The van der Waals surface area contributed by atoms with Crippen molar-refractivity contribution in [2.24, 2.45) is 0 Å². The molecule has 0 fully saturated rings. The lowest BCUT2D eigenvalue weighted by molar-refractivity contribution is -0.142. The molecule has 3 rings (SSSR count). The minimum absolute atomic E-state index is 0.101. The fourth-order valence-electron chi connectivity index (χ4n) is 2.63. The summed E-state index contributed by atoms with van der Waals surface area (Å²) in [7, 11) is 0. The minimum Gasteiger partial charge on any atom is -0.505 e. The number of fused-ring (bicyclic) bond motifs is 1. The number of benzene rings is 2. The summed E-state index contributed by atoms with van der Waals surface area (Å²) in [5, 5.41) is 18.7. The van der Waals surface area contributed by atoms with Crippen LogP contribution in [0.2, 0.25) is 0 Å². The van der Waals surface area contributed by atoms with Crippen LogP contribution in [-0.4, -0.2) is 27.0 Å². The van der Waals surface area contributed by atoms with Crippen LogP contribution in [0.5, 0.6) is 5.75 Å². The Morgan fingerprint density at radius 3 is 2.59 bits per heavy atom. The van der Waals surface area contributed by atoms with Crippen LogP contribution in [-0.2, 0) is 11.3 Å². The molecule has 112 valence electrons. The van der Waals surface area contributed by atoms with Gasteiger partial charge in [-0.25, -0.2) is 9.18 Å². The minimum atomic E-state index is -1.31. The largest absolute Gasteiger partial charge is 0.505 e. The Labute approximate surface area is 125 Å². The highest BCUT2D eigenvalue weighted by atomic mass is 19.1. The van der Waals surface area contributed by atoms with Gasteiger partial charge < -0.3 is 15.1 Å². The number of halogens is 1. The number of carbonyl (C=O) groups is 2. The Balaban J connectivity index is 2.02. The second-order valence-corrected chi connectivity index (χ2v) is 5.04. The molecule has 0 radical (unpaired) electrons. The van der Waals surface area contributed by atoms with Crippen LogP contribution in [0.4, 0.5) is 4.39 Å². The molecule has 0 bridgehead atoms. The maximum absolute atomic E-state index is 13.5. The number of amides is 1. The van der Waals surface area contributed by atoms with E-state index in [2.05, 4.69) is 0 Å². The second-order valence-electron chi connectivity index (χ2n) is 5.04. The van der Waals surface area contributed by atoms with Crippen molar-refractivity contribution in [2.45, 2.75) is 12.6 Å². The molecule has 1 amide bonds. The lowest BCUT2D eigenvalue weighted by Gasteiger charge is -2.24. The highest BCUT2D eigenvalue weighted by molar-refractivity contribution is 6.00. The molecule has 1 unspecified atom stereocenters. The van der Waals surface area contributed by atoms with Crippen LogP contribution in [0.25, 0.3) is 0 Å². The summed E-state index contributed by atoms with van der Waals surface area (Å²) in [6.45, 7) is 0.147. The average Bonchev–Trinajstić information content (AvgIpc) is 2.80. The number of phenolic OH excluding ortho intramolecular Hbond substituents is 1. The fraction of sp³-hybridized carbons (Fsp3) is 0.125. The molecule has 1 heterocycles. The third-order valence-corrected chi connectivity index (χ3v) is 3.68. The number of aliphatic carboxylic acids is 1. The Hall–Kier alpha value is -2.89. The zero-order valence-electron chi connectivity index (χ0n) is 11.4. The van der Waals surface area contributed by atoms with Crippen molar-refractivity contribution in [1.82, 2.24) is 4.90 Å². The number of aromatic hydroxyl groups is 1. The molecule has 1 aliphatic heterocycles. The van der Waals surface area contributed by atoms with E-state index in [-0.39, 0.29) is 12.1 Å². The molecule has 0 aliphatic carbocycles. The van der Waals surface area contributed by atoms with Gasteiger partial charge in [-0.15, -0.1) is 0 Å². The van der Waals surface area contributed by atoms with Gasteiger partial charge in [0.05, 0.1) is 0 Å². The first-order valence-electron chi connectivity index (χ1n) is 6.59. The lowest BCUT2D eigenvalue weighted by atomic mass is 10.0. The summed E-state index contributed by atoms with van der Waals surface area (Å²) in [6.07, 6.45) is 0. The molecule has 1 aliphatic rings. The topological polar surface area (TPSA) is 77.8 Å². The first-order valence-corrected chi connectivity index (χ1v) is 6.59. The maximum atomic E-state index is 13.5. The molecule has 2 aromatic rings. The third kappa shape index (κ3) is 2.18. The molecule has 0 aromatic heterocycles. The summed E-state index contributed by atoms with van der Waals surface area (Å²) >= 11 is 0. The summed E-state index contributed by atoms with van der Waals surface area (Å²) in [5.41, 5.74) is 1.29. The van der Waals surface area contributed by atoms with Crippen molar-refractivity contribution < 1.29 is 24.2 Å². The predicted molar refractivity (Wildman–Crippen MR) is 74.8 cm³/mol. The van der Waals surface area contributed by atoms with E-state index in [1.54, 1.807) is 24.3 Å². The van der Waals surface area contributed by atoms with Gasteiger partial charge in [-0.05, 0) is 29.3 Å². The van der Waals surface area contributed by atoms with Crippen LogP contribution in [0.15, 0.2) is 42.5 Å². The van der Waals surface area contributed by atoms with E-state index >= 15 is 0 Å². The molecule has 2 N–H and O–H groups in total. The van der Waals surface area contributed by atoms with E-state index in [0.29, 0.717) is 5.56 Å². The normalized spacial score (nSPS) is 14.8. The standard InChI is InChI=1S/C16H12FNO4/c17-12-7-9(5-6-13(12)19)14(16(21)22)18-8-10-3-1-2-4-11(10)15(18)20/h1-7,14,19H,8H2,(H,21,22). The van der Waals surface area contributed by atoms with Crippen molar-refractivity contribution >= 4 is 11.9 Å². The first kappa shape index (κ1) is 14.1. The predicted octanol–water partition coefficient (Wildman–Crippen LogP) is 2.31. The van der Waals surface area contributed by atoms with Gasteiger partial charge >= 0.3 is 5.97 Å². The number of carbonyl (C=O) groups excluding carboxylic acids is 1. The van der Waals surface area contributed by atoms with Gasteiger partial charge in [-0.3, -0.25) is 4.79 Å². The van der Waals surface area contributed by atoms with Gasteiger partial charge in [-0.2, -0.15) is 0 Å². The molecular formula is C16H12FNO4. The van der Waals surface area contributed by atoms with Crippen LogP contribution < -0.4 is 0 Å². The van der Waals surface area contributed by atoms with Gasteiger partial charge in [0.15, 0.2) is 17.6 Å². The van der Waals surface area contributed by atoms with Crippen LogP contribution in [0.3, 0.4) is 0 Å². The molecular weight excluding hydrogens is 289 g/mol. The first-order chi connectivity index (χ1) is 10.5. The lowest BCUT2D eigenvalue weighted by Crippen LogP contribution is -2.34. The van der Waals surface area contributed by atoms with E-state index < -0.39 is 29.5 Å². The van der Waals surface area contributed by atoms with E-state index in [4.69, 9.17) is 0 Å². The van der Waals surface area contributed by atoms with Crippen molar-refractivity contribution in [3.8, 4) is 5.75 Å². The summed E-state index contributed by atoms with van der Waals surface area (Å²) < 4.78 is 13.5. The maximum Gasteiger partial charge on any atom is 0.331 e. The highest BCUT2D eigenvalue weighted by Gasteiger charge is 2.37. The zero-order valence-corrected chi connectivity index (χ0v) is 11.4. The number of hydrogen-bond acceptors (Lipinski definition) is 3. The smallest absolute Gasteiger partial charge is 0.331 e. The summed E-state index contributed by atoms with van der Waals surface area (Å²) in [4.78, 5) is 25.2.